The third-order valence-electron chi connectivity index (χ3n) is 10.6. The monoisotopic (exact) mass is 843 g/mol. The Morgan fingerprint density at radius 2 is 1.70 bits per heavy atom. The first-order chi connectivity index (χ1) is 29.2. The van der Waals surface area contributed by atoms with Crippen molar-refractivity contribution in [3.63, 3.8) is 0 Å². The lowest BCUT2D eigenvalue weighted by atomic mass is 9.92. The fraction of sp³-hybridized carbons (Fsp3) is 0.326. The van der Waals surface area contributed by atoms with Crippen LogP contribution in [0.4, 0.5) is 0 Å². The molecule has 9 N–H and O–H groups in total. The fourth-order valence-electron chi connectivity index (χ4n) is 7.64. The van der Waals surface area contributed by atoms with Gasteiger partial charge in [0.15, 0.2) is 17.5 Å². The molecule has 0 spiro atoms. The van der Waals surface area contributed by atoms with E-state index in [0.717, 1.165) is 16.7 Å². The van der Waals surface area contributed by atoms with E-state index in [4.69, 9.17) is 23.5 Å². The molecular formula is C43H45N3O15. The number of carbonyl (C=O) groups excluding carboxylic acids is 1. The predicted octanol–water partition coefficient (Wildman–Crippen LogP) is 1.95. The van der Waals surface area contributed by atoms with E-state index in [0.29, 0.717) is 22.2 Å². The van der Waals surface area contributed by atoms with E-state index in [1.54, 1.807) is 30.6 Å². The summed E-state index contributed by atoms with van der Waals surface area (Å²) in [6.45, 7) is 1.89. The highest BCUT2D eigenvalue weighted by molar-refractivity contribution is 5.95. The number of hydrogen-bond acceptors (Lipinski definition) is 15. The molecule has 0 unspecified atom stereocenters. The van der Waals surface area contributed by atoms with Crippen LogP contribution in [0.25, 0.3) is 44.3 Å². The number of carboxylic acid groups (broad SMARTS) is 1. The number of phenols is 1. The zero-order valence-corrected chi connectivity index (χ0v) is 33.1. The van der Waals surface area contributed by atoms with E-state index in [-0.39, 0.29) is 34.5 Å². The van der Waals surface area contributed by atoms with Crippen molar-refractivity contribution < 1.29 is 68.8 Å². The summed E-state index contributed by atoms with van der Waals surface area (Å²) in [7, 11) is 1.35. The molecule has 1 saturated heterocycles. The standard InChI is InChI=1S/C43H45N3O15/c1-21-14-22(2)16-25(15-21)34-33-24(10-12-45-33)18-46(34)61-38-36(51)37(52)39(43(56,20-48)60-41(55)32(40(53)54)30(44-3)11-13-47)59-42(38)58-27-8-9-28-31(17-27)57-19-29(35(28)50)23-4-6-26(49)7-5-23/h4-10,12,14-19,30,32,36-39,42,44-45,47-49,51-52,56H,11,13,20H2,1-3H3,(H,53,54)/t30-,32+,36-,37-,38+,39-,42+,43-/m1/s1. The van der Waals surface area contributed by atoms with Gasteiger partial charge in [-0.25, -0.2) is 0 Å². The molecule has 4 heterocycles. The van der Waals surface area contributed by atoms with E-state index in [1.165, 1.54) is 48.4 Å². The van der Waals surface area contributed by atoms with Crippen molar-refractivity contribution in [1.82, 2.24) is 15.0 Å². The van der Waals surface area contributed by atoms with Crippen molar-refractivity contribution in [2.45, 2.75) is 62.8 Å². The average Bonchev–Trinajstić information content (AvgIpc) is 3.81. The number of ether oxygens (including phenoxy) is 3. The number of hydrogen-bond donors (Lipinski definition) is 9. The number of aromatic hydroxyl groups is 1. The summed E-state index contributed by atoms with van der Waals surface area (Å²) in [5.41, 5.74) is 4.18. The Kier molecular flexibility index (Phi) is 12.2. The number of aliphatic hydroxyl groups excluding tert-OH is 4. The van der Waals surface area contributed by atoms with Crippen molar-refractivity contribution >= 4 is 33.8 Å². The van der Waals surface area contributed by atoms with Gasteiger partial charge in [0.2, 0.25) is 12.4 Å². The molecule has 0 saturated carbocycles. The number of rotatable bonds is 15. The van der Waals surface area contributed by atoms with Gasteiger partial charge in [-0.3, -0.25) is 14.4 Å². The fourth-order valence-corrected chi connectivity index (χ4v) is 7.64. The normalized spacial score (nSPS) is 21.1. The molecule has 6 aromatic rings. The molecule has 322 valence electrons. The topological polar surface area (TPSA) is 276 Å². The second kappa shape index (κ2) is 17.4. The number of H-pyrrole nitrogens is 1. The Balaban J connectivity index is 1.27. The van der Waals surface area contributed by atoms with Crippen LogP contribution in [-0.4, -0.2) is 120 Å². The molecule has 18 nitrogen and oxygen atoms in total. The van der Waals surface area contributed by atoms with Gasteiger partial charge in [0.25, 0.3) is 5.79 Å². The number of nitrogens with one attached hydrogen (secondary N) is 2. The summed E-state index contributed by atoms with van der Waals surface area (Å²) in [4.78, 5) is 48.8. The molecule has 61 heavy (non-hydrogen) atoms. The van der Waals surface area contributed by atoms with Gasteiger partial charge in [0.1, 0.15) is 47.9 Å². The average molecular weight is 844 g/mol. The number of nitrogens with zero attached hydrogens (tertiary/aromatic N) is 1. The van der Waals surface area contributed by atoms with Crippen LogP contribution < -0.4 is 20.3 Å². The van der Waals surface area contributed by atoms with E-state index < -0.39 is 79.0 Å². The highest BCUT2D eigenvalue weighted by Gasteiger charge is 2.58. The zero-order chi connectivity index (χ0) is 43.7. The second-order valence-electron chi connectivity index (χ2n) is 14.9. The molecule has 0 aliphatic carbocycles. The Labute approximate surface area is 346 Å². The third kappa shape index (κ3) is 8.42. The van der Waals surface area contributed by atoms with Gasteiger partial charge >= 0.3 is 11.9 Å². The van der Waals surface area contributed by atoms with E-state index in [2.05, 4.69) is 10.3 Å². The Morgan fingerprint density at radius 3 is 2.36 bits per heavy atom. The molecule has 0 amide bonds. The molecule has 0 radical (unpaired) electrons. The molecule has 7 rings (SSSR count). The quantitative estimate of drug-likeness (QED) is 0.0406. The van der Waals surface area contributed by atoms with Gasteiger partial charge in [0, 0.05) is 35.9 Å². The largest absolute Gasteiger partial charge is 0.508 e. The number of aryl methyl sites for hydroxylation is 2. The maximum Gasteiger partial charge on any atom is 0.324 e. The predicted molar refractivity (Wildman–Crippen MR) is 216 cm³/mol. The lowest BCUT2D eigenvalue weighted by Gasteiger charge is -2.46. The van der Waals surface area contributed by atoms with Gasteiger partial charge in [-0.15, -0.1) is 0 Å². The third-order valence-corrected chi connectivity index (χ3v) is 10.6. The maximum atomic E-state index is 13.5. The molecule has 3 aromatic heterocycles. The Hall–Kier alpha value is -6.25. The smallest absolute Gasteiger partial charge is 0.324 e. The summed E-state index contributed by atoms with van der Waals surface area (Å²) in [6, 6.07) is 16.6. The van der Waals surface area contributed by atoms with Crippen molar-refractivity contribution in [3.05, 3.63) is 107 Å². The first kappa shape index (κ1) is 42.9. The highest BCUT2D eigenvalue weighted by Crippen LogP contribution is 2.36. The number of aromatic nitrogens is 2. The van der Waals surface area contributed by atoms with Gasteiger partial charge in [-0.2, -0.15) is 4.73 Å². The lowest BCUT2D eigenvalue weighted by molar-refractivity contribution is -0.356. The summed E-state index contributed by atoms with van der Waals surface area (Å²) in [5.74, 6) is -8.45. The van der Waals surface area contributed by atoms with Crippen LogP contribution in [-0.2, 0) is 19.1 Å². The van der Waals surface area contributed by atoms with Crippen LogP contribution in [0.15, 0.2) is 94.6 Å². The van der Waals surface area contributed by atoms with Crippen LogP contribution in [0.2, 0.25) is 0 Å². The second-order valence-corrected chi connectivity index (χ2v) is 14.9. The minimum Gasteiger partial charge on any atom is -0.508 e. The zero-order valence-electron chi connectivity index (χ0n) is 33.1. The Morgan fingerprint density at radius 1 is 0.984 bits per heavy atom. The number of aromatic amines is 1. The van der Waals surface area contributed by atoms with Gasteiger partial charge in [0.05, 0.1) is 22.7 Å². The van der Waals surface area contributed by atoms with Crippen molar-refractivity contribution in [2.75, 3.05) is 20.3 Å². The van der Waals surface area contributed by atoms with E-state index in [9.17, 15) is 50.1 Å². The molecule has 8 atom stereocenters. The number of esters is 1. The van der Waals surface area contributed by atoms with Crippen molar-refractivity contribution in [3.8, 4) is 33.9 Å². The number of aliphatic carboxylic acids is 1. The number of aliphatic hydroxyl groups is 5. The maximum absolute atomic E-state index is 13.5. The summed E-state index contributed by atoms with van der Waals surface area (Å²) in [6.07, 6.45) is -5.51. The van der Waals surface area contributed by atoms with Gasteiger partial charge < -0.3 is 69.5 Å². The minimum absolute atomic E-state index is 0.0131. The van der Waals surface area contributed by atoms with Crippen LogP contribution in [0.1, 0.15) is 17.5 Å². The van der Waals surface area contributed by atoms with Crippen LogP contribution in [0.5, 0.6) is 11.5 Å². The Bertz CT molecular complexity index is 2580. The number of carbonyl (C=O) groups is 2. The van der Waals surface area contributed by atoms with Crippen molar-refractivity contribution in [2.24, 2.45) is 5.92 Å². The van der Waals surface area contributed by atoms with Crippen LogP contribution >= 0.6 is 0 Å². The number of carboxylic acids is 1. The molecule has 1 aliphatic rings. The molecule has 3 aromatic carbocycles. The SMILES string of the molecule is CN[C@H](CCO)[C@@H](C(=O)O)C(=O)O[C@](O)(CO)[C@@H]1O[C@H](Oc2ccc3c(=O)c(-c4ccc(O)cc4)coc3c2)[C@@H](On2cc3cc[nH]c3c2-c2cc(C)cc(C)c2)[C@H](O)[C@H]1O. The van der Waals surface area contributed by atoms with E-state index >= 15 is 0 Å². The number of fused-ring (bicyclic) bond motifs is 2. The molecule has 0 bridgehead atoms. The first-order valence-corrected chi connectivity index (χ1v) is 19.2. The van der Waals surface area contributed by atoms with Crippen LogP contribution in [0, 0.1) is 19.8 Å². The lowest BCUT2D eigenvalue weighted by Crippen LogP contribution is -2.69. The van der Waals surface area contributed by atoms with Gasteiger partial charge in [-0.05, 0) is 75.3 Å². The summed E-state index contributed by atoms with van der Waals surface area (Å²) >= 11 is 0. The minimum atomic E-state index is -3.19. The molecular weight excluding hydrogens is 798 g/mol. The summed E-state index contributed by atoms with van der Waals surface area (Å²) in [5, 5.41) is 78.1. The molecule has 1 fully saturated rings. The number of benzene rings is 3. The molecule has 1 aliphatic heterocycles. The number of phenolic OH excluding ortho intramolecular Hbond substituents is 1. The van der Waals surface area contributed by atoms with Crippen molar-refractivity contribution in [1.29, 1.82) is 0 Å². The highest BCUT2D eigenvalue weighted by atomic mass is 16.8. The molecule has 18 heteroatoms. The van der Waals surface area contributed by atoms with Gasteiger partial charge in [-0.1, -0.05) is 29.3 Å². The summed E-state index contributed by atoms with van der Waals surface area (Å²) < 4.78 is 24.7. The van der Waals surface area contributed by atoms with Crippen LogP contribution in [0.3, 0.4) is 0 Å². The first-order valence-electron chi connectivity index (χ1n) is 19.2. The van der Waals surface area contributed by atoms with E-state index in [1.807, 2.05) is 32.0 Å².